The lowest BCUT2D eigenvalue weighted by molar-refractivity contribution is -0.384. The number of aliphatic hydroxyl groups is 1. The van der Waals surface area contributed by atoms with Gasteiger partial charge in [0.2, 0.25) is 0 Å². The highest BCUT2D eigenvalue weighted by atomic mass is 79.9. The van der Waals surface area contributed by atoms with E-state index in [1.807, 2.05) is 0 Å². The number of halogens is 2. The Morgan fingerprint density at radius 2 is 1.95 bits per heavy atom. The van der Waals surface area contributed by atoms with Gasteiger partial charge in [0.1, 0.15) is 5.82 Å². The fourth-order valence-electron chi connectivity index (χ4n) is 1.76. The molecule has 0 saturated carbocycles. The Hall–Kier alpha value is -1.99. The van der Waals surface area contributed by atoms with Crippen LogP contribution in [0.5, 0.6) is 0 Å². The fourth-order valence-corrected chi connectivity index (χ4v) is 2.00. The van der Waals surface area contributed by atoms with Crippen LogP contribution in [0.15, 0.2) is 46.9 Å². The molecule has 1 unspecified atom stereocenters. The summed E-state index contributed by atoms with van der Waals surface area (Å²) in [6, 6.07) is 10.2. The summed E-state index contributed by atoms with van der Waals surface area (Å²) in [6.45, 7) is 0.166. The van der Waals surface area contributed by atoms with Crippen molar-refractivity contribution in [3.63, 3.8) is 0 Å². The first-order chi connectivity index (χ1) is 9.97. The molecule has 2 aromatic rings. The van der Waals surface area contributed by atoms with Gasteiger partial charge in [-0.2, -0.15) is 0 Å². The maximum Gasteiger partial charge on any atom is 0.269 e. The molecular formula is C14H12BrFN2O3. The number of benzene rings is 2. The van der Waals surface area contributed by atoms with Gasteiger partial charge in [0.25, 0.3) is 5.69 Å². The average molecular weight is 355 g/mol. The molecule has 0 bridgehead atoms. The van der Waals surface area contributed by atoms with E-state index in [9.17, 15) is 19.6 Å². The molecule has 110 valence electrons. The fraction of sp³-hybridized carbons (Fsp3) is 0.143. The molecule has 2 rings (SSSR count). The van der Waals surface area contributed by atoms with Crippen LogP contribution < -0.4 is 5.32 Å². The molecular weight excluding hydrogens is 343 g/mol. The van der Waals surface area contributed by atoms with Gasteiger partial charge in [-0.15, -0.1) is 0 Å². The Morgan fingerprint density at radius 3 is 2.52 bits per heavy atom. The molecule has 0 amide bonds. The van der Waals surface area contributed by atoms with Crippen LogP contribution in [-0.4, -0.2) is 16.6 Å². The maximum atomic E-state index is 13.3. The van der Waals surface area contributed by atoms with Gasteiger partial charge in [-0.05, 0) is 51.8 Å². The highest BCUT2D eigenvalue weighted by Gasteiger charge is 2.10. The summed E-state index contributed by atoms with van der Waals surface area (Å²) in [5.41, 5.74) is 1.05. The Balaban J connectivity index is 1.99. The van der Waals surface area contributed by atoms with E-state index in [0.717, 1.165) is 0 Å². The van der Waals surface area contributed by atoms with E-state index in [2.05, 4.69) is 21.2 Å². The number of aliphatic hydroxyl groups excluding tert-OH is 1. The van der Waals surface area contributed by atoms with E-state index in [4.69, 9.17) is 0 Å². The molecule has 0 heterocycles. The van der Waals surface area contributed by atoms with Crippen LogP contribution in [0.25, 0.3) is 0 Å². The van der Waals surface area contributed by atoms with Crippen molar-refractivity contribution < 1.29 is 14.4 Å². The van der Waals surface area contributed by atoms with E-state index in [1.165, 1.54) is 30.3 Å². The van der Waals surface area contributed by atoms with Crippen molar-refractivity contribution in [2.45, 2.75) is 6.10 Å². The van der Waals surface area contributed by atoms with Crippen LogP contribution in [0, 0.1) is 15.9 Å². The number of rotatable bonds is 5. The van der Waals surface area contributed by atoms with Crippen LogP contribution in [0.4, 0.5) is 15.8 Å². The van der Waals surface area contributed by atoms with Crippen molar-refractivity contribution in [1.82, 2.24) is 0 Å². The molecule has 1 atom stereocenters. The smallest absolute Gasteiger partial charge is 0.269 e. The molecule has 5 nitrogen and oxygen atoms in total. The van der Waals surface area contributed by atoms with Gasteiger partial charge in [-0.25, -0.2) is 4.39 Å². The molecule has 0 fully saturated rings. The molecule has 0 aliphatic heterocycles. The summed E-state index contributed by atoms with van der Waals surface area (Å²) >= 11 is 3.06. The van der Waals surface area contributed by atoms with Crippen LogP contribution in [0.1, 0.15) is 11.7 Å². The molecule has 0 spiro atoms. The lowest BCUT2D eigenvalue weighted by Gasteiger charge is -2.13. The third-order valence-corrected chi connectivity index (χ3v) is 3.55. The van der Waals surface area contributed by atoms with Crippen molar-refractivity contribution in [1.29, 1.82) is 0 Å². The van der Waals surface area contributed by atoms with Gasteiger partial charge in [-0.1, -0.05) is 0 Å². The summed E-state index contributed by atoms with van der Waals surface area (Å²) in [4.78, 5) is 10.0. The lowest BCUT2D eigenvalue weighted by Crippen LogP contribution is -2.12. The molecule has 2 N–H and O–H groups in total. The van der Waals surface area contributed by atoms with Gasteiger partial charge >= 0.3 is 0 Å². The highest BCUT2D eigenvalue weighted by Crippen LogP contribution is 2.21. The van der Waals surface area contributed by atoms with Gasteiger partial charge in [-0.3, -0.25) is 10.1 Å². The zero-order valence-corrected chi connectivity index (χ0v) is 12.4. The third-order valence-electron chi connectivity index (χ3n) is 2.91. The van der Waals surface area contributed by atoms with E-state index >= 15 is 0 Å². The van der Waals surface area contributed by atoms with Crippen molar-refractivity contribution in [3.05, 3.63) is 68.4 Å². The number of nitro benzene ring substituents is 1. The largest absolute Gasteiger partial charge is 0.387 e. The molecule has 2 aromatic carbocycles. The Morgan fingerprint density at radius 1 is 1.29 bits per heavy atom. The summed E-state index contributed by atoms with van der Waals surface area (Å²) < 4.78 is 13.7. The van der Waals surface area contributed by atoms with Crippen molar-refractivity contribution in [2.75, 3.05) is 11.9 Å². The summed E-state index contributed by atoms with van der Waals surface area (Å²) in [5.74, 6) is -0.398. The Bertz CT molecular complexity index is 649. The highest BCUT2D eigenvalue weighted by molar-refractivity contribution is 9.10. The van der Waals surface area contributed by atoms with Gasteiger partial charge in [0.05, 0.1) is 15.5 Å². The topological polar surface area (TPSA) is 75.4 Å². The van der Waals surface area contributed by atoms with Gasteiger partial charge < -0.3 is 10.4 Å². The number of nitrogens with one attached hydrogen (secondary N) is 1. The SMILES string of the molecule is O=[N+]([O-])c1ccc(C(O)CNc2ccc(Br)c(F)c2)cc1. The van der Waals surface area contributed by atoms with Crippen molar-refractivity contribution in [3.8, 4) is 0 Å². The second-order valence-corrected chi connectivity index (χ2v) is 5.23. The number of anilines is 1. The quantitative estimate of drug-likeness (QED) is 0.634. The van der Waals surface area contributed by atoms with E-state index in [0.29, 0.717) is 15.7 Å². The first kappa shape index (κ1) is 15.4. The standard InChI is InChI=1S/C14H12BrFN2O3/c15-12-6-3-10(7-13(12)16)17-8-14(19)9-1-4-11(5-2-9)18(20)21/h1-7,14,17,19H,8H2. The molecule has 0 aliphatic rings. The lowest BCUT2D eigenvalue weighted by atomic mass is 10.1. The second kappa shape index (κ2) is 6.64. The number of nitrogens with zero attached hydrogens (tertiary/aromatic N) is 1. The zero-order valence-electron chi connectivity index (χ0n) is 10.8. The molecule has 0 radical (unpaired) electrons. The molecule has 0 aliphatic carbocycles. The van der Waals surface area contributed by atoms with Gasteiger partial charge in [0.15, 0.2) is 0 Å². The summed E-state index contributed by atoms with van der Waals surface area (Å²) in [7, 11) is 0. The minimum atomic E-state index is -0.850. The second-order valence-electron chi connectivity index (χ2n) is 4.37. The van der Waals surface area contributed by atoms with Crippen LogP contribution in [0.2, 0.25) is 0 Å². The van der Waals surface area contributed by atoms with Crippen LogP contribution in [-0.2, 0) is 0 Å². The van der Waals surface area contributed by atoms with E-state index < -0.39 is 16.8 Å². The normalized spacial score (nSPS) is 12.0. The summed E-state index contributed by atoms with van der Waals surface area (Å²) in [6.07, 6.45) is -0.850. The van der Waals surface area contributed by atoms with Crippen molar-refractivity contribution in [2.24, 2.45) is 0 Å². The first-order valence-corrected chi connectivity index (χ1v) is 6.88. The molecule has 7 heteroatoms. The van der Waals surface area contributed by atoms with Crippen molar-refractivity contribution >= 4 is 27.3 Å². The van der Waals surface area contributed by atoms with E-state index in [1.54, 1.807) is 12.1 Å². The van der Waals surface area contributed by atoms with Gasteiger partial charge in [0, 0.05) is 24.4 Å². The monoisotopic (exact) mass is 354 g/mol. The predicted molar refractivity (Wildman–Crippen MR) is 80.6 cm³/mol. The number of nitro groups is 1. The number of non-ortho nitro benzene ring substituents is 1. The Labute approximate surface area is 128 Å². The molecule has 0 saturated heterocycles. The van der Waals surface area contributed by atoms with Crippen LogP contribution >= 0.6 is 15.9 Å². The minimum absolute atomic E-state index is 0.0334. The van der Waals surface area contributed by atoms with Crippen LogP contribution in [0.3, 0.4) is 0 Å². The minimum Gasteiger partial charge on any atom is -0.387 e. The molecule has 21 heavy (non-hydrogen) atoms. The summed E-state index contributed by atoms with van der Waals surface area (Å²) in [5, 5.41) is 23.4. The number of hydrogen-bond donors (Lipinski definition) is 2. The number of hydrogen-bond acceptors (Lipinski definition) is 4. The zero-order chi connectivity index (χ0) is 15.4. The maximum absolute atomic E-state index is 13.3. The molecule has 0 aromatic heterocycles. The predicted octanol–water partition coefficient (Wildman–Crippen LogP) is 3.64. The Kier molecular flexibility index (Phi) is 4.87. The van der Waals surface area contributed by atoms with E-state index in [-0.39, 0.29) is 12.2 Å². The third kappa shape index (κ3) is 3.99. The first-order valence-electron chi connectivity index (χ1n) is 6.08. The average Bonchev–Trinajstić information content (AvgIpc) is 2.48.